The molecule has 1 N–H and O–H groups in total. The molecule has 1 heteroatoms. The maximum atomic E-state index is 11.0. The summed E-state index contributed by atoms with van der Waals surface area (Å²) >= 11 is 0. The van der Waals surface area contributed by atoms with Gasteiger partial charge in [0.05, 0.1) is 6.10 Å². The molecule has 0 fully saturated rings. The van der Waals surface area contributed by atoms with Crippen LogP contribution in [0, 0.1) is 6.92 Å². The number of aliphatic hydroxyl groups is 1. The molecule has 0 aliphatic heterocycles. The molecule has 2 aromatic rings. The molecule has 2 aromatic carbocycles. The van der Waals surface area contributed by atoms with Crippen LogP contribution < -0.4 is 0 Å². The molecule has 102 valence electrons. The fourth-order valence-electron chi connectivity index (χ4n) is 4.23. The van der Waals surface area contributed by atoms with E-state index < -0.39 is 0 Å². The van der Waals surface area contributed by atoms with E-state index in [1.165, 1.54) is 22.3 Å². The first-order valence-electron chi connectivity index (χ1n) is 7.57. The van der Waals surface area contributed by atoms with Crippen molar-refractivity contribution in [2.75, 3.05) is 0 Å². The summed E-state index contributed by atoms with van der Waals surface area (Å²) in [4.78, 5) is 0. The fourth-order valence-corrected chi connectivity index (χ4v) is 4.23. The molecule has 2 aliphatic rings. The Labute approximate surface area is 120 Å². The Kier molecular flexibility index (Phi) is 2.55. The summed E-state index contributed by atoms with van der Waals surface area (Å²) < 4.78 is 0. The van der Waals surface area contributed by atoms with Gasteiger partial charge in [0.2, 0.25) is 0 Å². The van der Waals surface area contributed by atoms with Gasteiger partial charge in [0, 0.05) is 5.41 Å². The molecule has 2 atom stereocenters. The van der Waals surface area contributed by atoms with Gasteiger partial charge in [0.25, 0.3) is 0 Å². The summed E-state index contributed by atoms with van der Waals surface area (Å²) in [6.07, 6.45) is 3.99. The molecule has 4 rings (SSSR count). The SMILES string of the molecule is Cc1ccc2c(c1)C1(CCc3ccccc3C1O)CC2. The summed E-state index contributed by atoms with van der Waals surface area (Å²) in [6, 6.07) is 15.2. The Hall–Kier alpha value is -1.60. The third kappa shape index (κ3) is 1.53. The fraction of sp³-hybridized carbons (Fsp3) is 0.368. The van der Waals surface area contributed by atoms with Crippen LogP contribution in [0.15, 0.2) is 42.5 Å². The van der Waals surface area contributed by atoms with Gasteiger partial charge in [0.1, 0.15) is 0 Å². The minimum Gasteiger partial charge on any atom is -0.387 e. The summed E-state index contributed by atoms with van der Waals surface area (Å²) in [5, 5.41) is 11.0. The van der Waals surface area contributed by atoms with Gasteiger partial charge in [0.15, 0.2) is 0 Å². The summed E-state index contributed by atoms with van der Waals surface area (Å²) in [6.45, 7) is 2.15. The van der Waals surface area contributed by atoms with E-state index in [1.54, 1.807) is 0 Å². The lowest BCUT2D eigenvalue weighted by Crippen LogP contribution is -2.36. The average molecular weight is 264 g/mol. The first-order valence-corrected chi connectivity index (χ1v) is 7.57. The van der Waals surface area contributed by atoms with Crippen molar-refractivity contribution in [3.8, 4) is 0 Å². The summed E-state index contributed by atoms with van der Waals surface area (Å²) in [5.41, 5.74) is 6.57. The van der Waals surface area contributed by atoms with E-state index in [0.29, 0.717) is 0 Å². The minimum absolute atomic E-state index is 0.0459. The molecule has 0 radical (unpaired) electrons. The van der Waals surface area contributed by atoms with E-state index in [9.17, 15) is 5.11 Å². The lowest BCUT2D eigenvalue weighted by Gasteiger charge is -2.40. The van der Waals surface area contributed by atoms with Gasteiger partial charge in [-0.3, -0.25) is 0 Å². The smallest absolute Gasteiger partial charge is 0.0889 e. The maximum absolute atomic E-state index is 11.0. The van der Waals surface area contributed by atoms with Crippen molar-refractivity contribution in [2.24, 2.45) is 0 Å². The first-order chi connectivity index (χ1) is 9.71. The van der Waals surface area contributed by atoms with Crippen LogP contribution in [0.2, 0.25) is 0 Å². The van der Waals surface area contributed by atoms with Crippen molar-refractivity contribution < 1.29 is 5.11 Å². The molecule has 0 aromatic heterocycles. The van der Waals surface area contributed by atoms with Gasteiger partial charge in [-0.05, 0) is 54.9 Å². The van der Waals surface area contributed by atoms with Crippen molar-refractivity contribution >= 4 is 0 Å². The zero-order valence-corrected chi connectivity index (χ0v) is 11.9. The number of aliphatic hydroxyl groups excluding tert-OH is 1. The van der Waals surface area contributed by atoms with Crippen molar-refractivity contribution in [2.45, 2.75) is 44.1 Å². The lowest BCUT2D eigenvalue weighted by molar-refractivity contribution is 0.0642. The normalized spacial score (nSPS) is 27.4. The zero-order chi connectivity index (χ0) is 13.7. The Bertz CT molecular complexity index is 673. The largest absolute Gasteiger partial charge is 0.387 e. The lowest BCUT2D eigenvalue weighted by atomic mass is 9.66. The predicted molar refractivity (Wildman–Crippen MR) is 80.9 cm³/mol. The highest BCUT2D eigenvalue weighted by molar-refractivity contribution is 5.47. The monoisotopic (exact) mass is 264 g/mol. The predicted octanol–water partition coefficient (Wildman–Crippen LogP) is 3.86. The van der Waals surface area contributed by atoms with Crippen LogP contribution in [0.1, 0.15) is 46.8 Å². The number of rotatable bonds is 0. The van der Waals surface area contributed by atoms with Crippen LogP contribution in [-0.2, 0) is 18.3 Å². The second-order valence-electron chi connectivity index (χ2n) is 6.42. The summed E-state index contributed by atoms with van der Waals surface area (Å²) in [7, 11) is 0. The number of benzene rings is 2. The van der Waals surface area contributed by atoms with Gasteiger partial charge >= 0.3 is 0 Å². The van der Waals surface area contributed by atoms with Crippen LogP contribution >= 0.6 is 0 Å². The molecule has 0 saturated carbocycles. The molecule has 2 aliphatic carbocycles. The standard InChI is InChI=1S/C19H20O/c1-13-6-7-15-9-11-19(17(15)12-13)10-8-14-4-2-3-5-16(14)18(19)20/h2-7,12,18,20H,8-11H2,1H3. The van der Waals surface area contributed by atoms with E-state index >= 15 is 0 Å². The third-order valence-electron chi connectivity index (χ3n) is 5.36. The van der Waals surface area contributed by atoms with Crippen LogP contribution in [-0.4, -0.2) is 5.11 Å². The highest BCUT2D eigenvalue weighted by atomic mass is 16.3. The van der Waals surface area contributed by atoms with Crippen molar-refractivity contribution in [3.63, 3.8) is 0 Å². The van der Waals surface area contributed by atoms with E-state index in [1.807, 2.05) is 6.07 Å². The van der Waals surface area contributed by atoms with E-state index in [4.69, 9.17) is 0 Å². The average Bonchev–Trinajstić information content (AvgIpc) is 2.83. The van der Waals surface area contributed by atoms with Gasteiger partial charge in [-0.25, -0.2) is 0 Å². The van der Waals surface area contributed by atoms with E-state index in [0.717, 1.165) is 31.2 Å². The molecule has 1 spiro atoms. The van der Waals surface area contributed by atoms with Crippen LogP contribution in [0.4, 0.5) is 0 Å². The molecule has 1 nitrogen and oxygen atoms in total. The first kappa shape index (κ1) is 12.2. The highest BCUT2D eigenvalue weighted by Crippen LogP contribution is 2.53. The van der Waals surface area contributed by atoms with Gasteiger partial charge in [-0.2, -0.15) is 0 Å². The van der Waals surface area contributed by atoms with Crippen LogP contribution in [0.5, 0.6) is 0 Å². The zero-order valence-electron chi connectivity index (χ0n) is 11.9. The van der Waals surface area contributed by atoms with E-state index in [2.05, 4.69) is 43.3 Å². The molecule has 0 amide bonds. The number of hydrogen-bond acceptors (Lipinski definition) is 1. The molecule has 0 heterocycles. The molecule has 0 bridgehead atoms. The third-order valence-corrected chi connectivity index (χ3v) is 5.36. The highest BCUT2D eigenvalue weighted by Gasteiger charge is 2.47. The second kappa shape index (κ2) is 4.20. The van der Waals surface area contributed by atoms with Crippen molar-refractivity contribution in [1.29, 1.82) is 0 Å². The molecular weight excluding hydrogens is 244 g/mol. The van der Waals surface area contributed by atoms with E-state index in [-0.39, 0.29) is 11.5 Å². The van der Waals surface area contributed by atoms with Crippen molar-refractivity contribution in [1.82, 2.24) is 0 Å². The second-order valence-corrected chi connectivity index (χ2v) is 6.42. The van der Waals surface area contributed by atoms with Crippen LogP contribution in [0.3, 0.4) is 0 Å². The molecule has 2 unspecified atom stereocenters. The number of fused-ring (bicyclic) bond motifs is 3. The van der Waals surface area contributed by atoms with Gasteiger partial charge in [-0.1, -0.05) is 48.0 Å². The number of hydrogen-bond donors (Lipinski definition) is 1. The Balaban J connectivity index is 1.87. The Morgan fingerprint density at radius 2 is 1.75 bits per heavy atom. The minimum atomic E-state index is -0.351. The van der Waals surface area contributed by atoms with Gasteiger partial charge < -0.3 is 5.11 Å². The van der Waals surface area contributed by atoms with Crippen molar-refractivity contribution in [3.05, 3.63) is 70.3 Å². The molecule has 0 saturated heterocycles. The maximum Gasteiger partial charge on any atom is 0.0889 e. The quantitative estimate of drug-likeness (QED) is 0.766. The molecule has 20 heavy (non-hydrogen) atoms. The van der Waals surface area contributed by atoms with Crippen LogP contribution in [0.25, 0.3) is 0 Å². The number of aryl methyl sites for hydroxylation is 3. The van der Waals surface area contributed by atoms with Gasteiger partial charge in [-0.15, -0.1) is 0 Å². The topological polar surface area (TPSA) is 20.2 Å². The molecular formula is C19H20O. The Morgan fingerprint density at radius 1 is 1.00 bits per heavy atom. The summed E-state index contributed by atoms with van der Waals surface area (Å²) in [5.74, 6) is 0. The Morgan fingerprint density at radius 3 is 2.60 bits per heavy atom.